The first kappa shape index (κ1) is 16.3. The van der Waals surface area contributed by atoms with Crippen LogP contribution in [-0.2, 0) is 0 Å². The van der Waals surface area contributed by atoms with E-state index in [4.69, 9.17) is 10.5 Å². The summed E-state index contributed by atoms with van der Waals surface area (Å²) in [6.45, 7) is 1.81. The Kier molecular flexibility index (Phi) is 4.80. The van der Waals surface area contributed by atoms with E-state index in [1.54, 1.807) is 13.2 Å². The summed E-state index contributed by atoms with van der Waals surface area (Å²) in [5.74, 6) is 0.232. The molecule has 2 aromatic carbocycles. The first-order valence-electron chi connectivity index (χ1n) is 6.91. The van der Waals surface area contributed by atoms with Crippen molar-refractivity contribution < 1.29 is 14.5 Å². The highest BCUT2D eigenvalue weighted by Gasteiger charge is 2.18. The molecule has 120 valence electrons. The zero-order valence-electron chi connectivity index (χ0n) is 12.8. The number of amides is 1. The second-order valence-corrected chi connectivity index (χ2v) is 4.97. The Morgan fingerprint density at radius 3 is 2.65 bits per heavy atom. The van der Waals surface area contributed by atoms with Gasteiger partial charge in [0.05, 0.1) is 18.1 Å². The van der Waals surface area contributed by atoms with Gasteiger partial charge >= 0.3 is 0 Å². The Balaban J connectivity index is 2.22. The van der Waals surface area contributed by atoms with Crippen LogP contribution in [0.4, 0.5) is 11.4 Å². The molecule has 2 aromatic rings. The first-order valence-corrected chi connectivity index (χ1v) is 6.91. The van der Waals surface area contributed by atoms with Crippen molar-refractivity contribution in [3.8, 4) is 5.75 Å². The lowest BCUT2D eigenvalue weighted by atomic mass is 10.1. The predicted octanol–water partition coefficient (Wildman–Crippen LogP) is 2.68. The van der Waals surface area contributed by atoms with E-state index in [2.05, 4.69) is 5.32 Å². The minimum atomic E-state index is -0.615. The maximum absolute atomic E-state index is 12.3. The summed E-state index contributed by atoms with van der Waals surface area (Å²) >= 11 is 0. The van der Waals surface area contributed by atoms with Crippen molar-refractivity contribution in [2.75, 3.05) is 12.8 Å². The molecule has 3 N–H and O–H groups in total. The number of hydrogen-bond donors (Lipinski definition) is 2. The molecular weight excluding hydrogens is 298 g/mol. The van der Waals surface area contributed by atoms with Crippen molar-refractivity contribution in [3.63, 3.8) is 0 Å². The van der Waals surface area contributed by atoms with Crippen LogP contribution in [0.1, 0.15) is 28.9 Å². The Bertz CT molecular complexity index is 746. The summed E-state index contributed by atoms with van der Waals surface area (Å²) in [6.07, 6.45) is 0. The average Bonchev–Trinajstić information content (AvgIpc) is 2.54. The van der Waals surface area contributed by atoms with E-state index in [-0.39, 0.29) is 23.0 Å². The minimum absolute atomic E-state index is 0.0179. The van der Waals surface area contributed by atoms with Gasteiger partial charge in [-0.25, -0.2) is 0 Å². The van der Waals surface area contributed by atoms with E-state index >= 15 is 0 Å². The van der Waals surface area contributed by atoms with Crippen LogP contribution in [0.3, 0.4) is 0 Å². The lowest BCUT2D eigenvalue weighted by Crippen LogP contribution is -2.27. The number of nitro groups is 1. The summed E-state index contributed by atoms with van der Waals surface area (Å²) in [5.41, 5.74) is 6.25. The van der Waals surface area contributed by atoms with Crippen LogP contribution in [0.2, 0.25) is 0 Å². The standard InChI is InChI=1S/C16H17N3O4/c1-10(12-5-3-4-6-15(12)23-2)18-16(20)11-7-8-13(17)14(9-11)19(21)22/h3-10H,17H2,1-2H3,(H,18,20). The largest absolute Gasteiger partial charge is 0.496 e. The third kappa shape index (κ3) is 3.57. The van der Waals surface area contributed by atoms with Gasteiger partial charge in [-0.3, -0.25) is 14.9 Å². The topological polar surface area (TPSA) is 107 Å². The molecule has 0 aromatic heterocycles. The molecule has 0 spiro atoms. The van der Waals surface area contributed by atoms with Crippen molar-refractivity contribution in [2.45, 2.75) is 13.0 Å². The zero-order valence-corrected chi connectivity index (χ0v) is 12.8. The van der Waals surface area contributed by atoms with E-state index in [9.17, 15) is 14.9 Å². The van der Waals surface area contributed by atoms with Crippen molar-refractivity contribution in [1.82, 2.24) is 5.32 Å². The Labute approximate surface area is 133 Å². The van der Waals surface area contributed by atoms with Crippen LogP contribution in [0.25, 0.3) is 0 Å². The zero-order chi connectivity index (χ0) is 17.0. The van der Waals surface area contributed by atoms with E-state index < -0.39 is 10.8 Å². The SMILES string of the molecule is COc1ccccc1C(C)NC(=O)c1ccc(N)c([N+](=O)[O-])c1. The molecule has 7 nitrogen and oxygen atoms in total. The van der Waals surface area contributed by atoms with Crippen LogP contribution in [-0.4, -0.2) is 17.9 Å². The number of nitrogen functional groups attached to an aromatic ring is 1. The monoisotopic (exact) mass is 315 g/mol. The molecule has 0 fully saturated rings. The number of carbonyl (C=O) groups is 1. The number of anilines is 1. The third-order valence-electron chi connectivity index (χ3n) is 3.44. The molecular formula is C16H17N3O4. The van der Waals surface area contributed by atoms with Gasteiger partial charge in [0.15, 0.2) is 0 Å². The van der Waals surface area contributed by atoms with Crippen LogP contribution in [0.15, 0.2) is 42.5 Å². The highest BCUT2D eigenvalue weighted by Crippen LogP contribution is 2.26. The average molecular weight is 315 g/mol. The molecule has 7 heteroatoms. The van der Waals surface area contributed by atoms with Gasteiger partial charge < -0.3 is 15.8 Å². The fourth-order valence-electron chi connectivity index (χ4n) is 2.22. The Morgan fingerprint density at radius 2 is 2.00 bits per heavy atom. The van der Waals surface area contributed by atoms with E-state index in [1.807, 2.05) is 25.1 Å². The molecule has 1 unspecified atom stereocenters. The number of carbonyl (C=O) groups excluding carboxylic acids is 1. The lowest BCUT2D eigenvalue weighted by molar-refractivity contribution is -0.383. The highest BCUT2D eigenvalue weighted by atomic mass is 16.6. The van der Waals surface area contributed by atoms with Gasteiger partial charge in [-0.1, -0.05) is 18.2 Å². The maximum Gasteiger partial charge on any atom is 0.292 e. The number of nitrogens with two attached hydrogens (primary N) is 1. The Hall–Kier alpha value is -3.09. The summed E-state index contributed by atoms with van der Waals surface area (Å²) in [7, 11) is 1.55. The fraction of sp³-hybridized carbons (Fsp3) is 0.188. The maximum atomic E-state index is 12.3. The second kappa shape index (κ2) is 6.78. The number of hydrogen-bond acceptors (Lipinski definition) is 5. The third-order valence-corrected chi connectivity index (χ3v) is 3.44. The molecule has 23 heavy (non-hydrogen) atoms. The molecule has 0 heterocycles. The summed E-state index contributed by atoms with van der Waals surface area (Å²) < 4.78 is 5.26. The predicted molar refractivity (Wildman–Crippen MR) is 86.4 cm³/mol. The summed E-state index contributed by atoms with van der Waals surface area (Å²) in [6, 6.07) is 11.0. The molecule has 1 amide bonds. The molecule has 0 aliphatic carbocycles. The lowest BCUT2D eigenvalue weighted by Gasteiger charge is -2.17. The van der Waals surface area contributed by atoms with Crippen molar-refractivity contribution >= 4 is 17.3 Å². The molecule has 0 radical (unpaired) electrons. The number of para-hydroxylation sites is 1. The highest BCUT2D eigenvalue weighted by molar-refractivity contribution is 5.95. The second-order valence-electron chi connectivity index (χ2n) is 4.97. The quantitative estimate of drug-likeness (QED) is 0.501. The summed E-state index contributed by atoms with van der Waals surface area (Å²) in [5, 5.41) is 13.7. The van der Waals surface area contributed by atoms with Crippen molar-refractivity contribution in [1.29, 1.82) is 0 Å². The van der Waals surface area contributed by atoms with Crippen LogP contribution >= 0.6 is 0 Å². The smallest absolute Gasteiger partial charge is 0.292 e. The van der Waals surface area contributed by atoms with Gasteiger partial charge in [-0.2, -0.15) is 0 Å². The molecule has 0 saturated carbocycles. The van der Waals surface area contributed by atoms with Gasteiger partial charge in [0, 0.05) is 17.2 Å². The van der Waals surface area contributed by atoms with E-state index in [0.717, 1.165) is 5.56 Å². The van der Waals surface area contributed by atoms with Crippen LogP contribution < -0.4 is 15.8 Å². The molecule has 0 saturated heterocycles. The van der Waals surface area contributed by atoms with Gasteiger partial charge in [0.2, 0.25) is 0 Å². The van der Waals surface area contributed by atoms with Crippen LogP contribution in [0.5, 0.6) is 5.75 Å². The van der Waals surface area contributed by atoms with Gasteiger partial charge in [0.25, 0.3) is 11.6 Å². The van der Waals surface area contributed by atoms with Crippen molar-refractivity contribution in [2.24, 2.45) is 0 Å². The number of nitrogens with zero attached hydrogens (tertiary/aromatic N) is 1. The number of benzene rings is 2. The minimum Gasteiger partial charge on any atom is -0.496 e. The van der Waals surface area contributed by atoms with Gasteiger partial charge in [-0.15, -0.1) is 0 Å². The molecule has 0 aliphatic rings. The number of methoxy groups -OCH3 is 1. The number of rotatable bonds is 5. The summed E-state index contributed by atoms with van der Waals surface area (Å²) in [4.78, 5) is 22.6. The van der Waals surface area contributed by atoms with Gasteiger partial charge in [0.1, 0.15) is 11.4 Å². The normalized spacial score (nSPS) is 11.6. The Morgan fingerprint density at radius 1 is 1.30 bits per heavy atom. The fourth-order valence-corrected chi connectivity index (χ4v) is 2.22. The number of nitro benzene ring substituents is 1. The number of nitrogens with one attached hydrogen (secondary N) is 1. The first-order chi connectivity index (χ1) is 10.9. The van der Waals surface area contributed by atoms with Crippen LogP contribution in [0, 0.1) is 10.1 Å². The molecule has 0 bridgehead atoms. The number of ether oxygens (including phenoxy) is 1. The van der Waals surface area contributed by atoms with Crippen molar-refractivity contribution in [3.05, 3.63) is 63.7 Å². The van der Waals surface area contributed by atoms with E-state index in [1.165, 1.54) is 18.2 Å². The molecule has 0 aliphatic heterocycles. The van der Waals surface area contributed by atoms with Gasteiger partial charge in [-0.05, 0) is 25.1 Å². The van der Waals surface area contributed by atoms with E-state index in [0.29, 0.717) is 5.75 Å². The molecule has 1 atom stereocenters. The molecule has 2 rings (SSSR count).